The maximum absolute atomic E-state index is 13.8. The van der Waals surface area contributed by atoms with Crippen molar-refractivity contribution < 1.29 is 9.28 Å². The molecule has 1 aliphatic rings. The molecule has 2 aromatic carbocycles. The highest BCUT2D eigenvalue weighted by molar-refractivity contribution is 7.80. The molecule has 7 nitrogen and oxygen atoms in total. The Labute approximate surface area is 214 Å². The highest BCUT2D eigenvalue weighted by atomic mass is 32.1. The first-order chi connectivity index (χ1) is 17.6. The van der Waals surface area contributed by atoms with Crippen molar-refractivity contribution in [1.82, 2.24) is 20.3 Å². The van der Waals surface area contributed by atoms with E-state index in [2.05, 4.69) is 61.9 Å². The van der Waals surface area contributed by atoms with E-state index in [0.717, 1.165) is 60.7 Å². The molecule has 0 N–H and O–H groups in total. The van der Waals surface area contributed by atoms with Gasteiger partial charge in [0, 0.05) is 55.3 Å². The molecule has 1 amide bonds. The minimum atomic E-state index is -0.700. The Hall–Kier alpha value is -3.72. The number of amides is 1. The number of benzene rings is 2. The van der Waals surface area contributed by atoms with E-state index in [0.29, 0.717) is 0 Å². The molecular weight excluding hydrogens is 475 g/mol. The Morgan fingerprint density at radius 3 is 2.28 bits per heavy atom. The van der Waals surface area contributed by atoms with Gasteiger partial charge < -0.3 is 9.80 Å². The summed E-state index contributed by atoms with van der Waals surface area (Å²) in [7, 11) is 0. The summed E-state index contributed by atoms with van der Waals surface area (Å²) in [5, 5.41) is 11.7. The number of anilines is 2. The molecule has 0 unspecified atom stereocenters. The van der Waals surface area contributed by atoms with Crippen molar-refractivity contribution in [2.45, 2.75) is 6.42 Å². The minimum absolute atomic E-state index is 0.0591. The first-order valence-electron chi connectivity index (χ1n) is 12.0. The summed E-state index contributed by atoms with van der Waals surface area (Å²) in [4.78, 5) is 20.9. The van der Waals surface area contributed by atoms with E-state index < -0.39 is 5.91 Å². The van der Waals surface area contributed by atoms with E-state index in [9.17, 15) is 9.28 Å². The number of nitrogens with zero attached hydrogens (tertiary/aromatic N) is 6. The lowest BCUT2D eigenvalue weighted by molar-refractivity contribution is 0.0233. The lowest BCUT2D eigenvalue weighted by Crippen LogP contribution is -2.47. The van der Waals surface area contributed by atoms with Crippen LogP contribution in [0, 0.1) is 0 Å². The fourth-order valence-corrected chi connectivity index (χ4v) is 4.65. The third-order valence-corrected chi connectivity index (χ3v) is 6.57. The molecule has 36 heavy (non-hydrogen) atoms. The highest BCUT2D eigenvalue weighted by Gasteiger charge is 2.23. The van der Waals surface area contributed by atoms with Gasteiger partial charge in [-0.25, -0.2) is 4.98 Å². The first kappa shape index (κ1) is 24.0. The number of hydrogen-bond acceptors (Lipinski definition) is 7. The number of fused-ring (bicyclic) bond motifs is 1. The molecule has 0 aliphatic carbocycles. The van der Waals surface area contributed by atoms with Crippen LogP contribution in [-0.4, -0.2) is 64.7 Å². The second-order valence-corrected chi connectivity index (χ2v) is 9.12. The first-order valence-corrected chi connectivity index (χ1v) is 12.6. The maximum Gasteiger partial charge on any atom is 0.283 e. The standard InChI is InChI=1S/C27H27FN6OS/c28-34(16-17-36)27(35)21-10-11-25(29-19-21)32-12-14-33(15-13-32)26-23-9-5-4-8-22(23)24(30-31-26)18-20-6-2-1-3-7-20/h1-11,19,36H,12-18H2. The third kappa shape index (κ3) is 5.11. The van der Waals surface area contributed by atoms with Crippen LogP contribution in [-0.2, 0) is 6.42 Å². The molecule has 0 radical (unpaired) electrons. The van der Waals surface area contributed by atoms with Crippen LogP contribution < -0.4 is 9.80 Å². The number of aromatic nitrogens is 3. The van der Waals surface area contributed by atoms with Crippen LogP contribution in [0.1, 0.15) is 21.6 Å². The zero-order valence-corrected chi connectivity index (χ0v) is 20.7. The number of rotatable bonds is 7. The van der Waals surface area contributed by atoms with Crippen molar-refractivity contribution in [3.63, 3.8) is 0 Å². The SMILES string of the molecule is O=C(c1ccc(N2CCN(c3nnc(Cc4ccccc4)c4ccccc34)CC2)nc1)N(F)CCS. The monoisotopic (exact) mass is 502 g/mol. The lowest BCUT2D eigenvalue weighted by Gasteiger charge is -2.36. The second-order valence-electron chi connectivity index (χ2n) is 8.67. The van der Waals surface area contributed by atoms with Gasteiger partial charge in [-0.1, -0.05) is 59.1 Å². The average molecular weight is 503 g/mol. The van der Waals surface area contributed by atoms with Crippen LogP contribution in [0.4, 0.5) is 16.1 Å². The van der Waals surface area contributed by atoms with Crippen LogP contribution in [0.15, 0.2) is 72.9 Å². The summed E-state index contributed by atoms with van der Waals surface area (Å²) < 4.78 is 13.8. The van der Waals surface area contributed by atoms with Crippen molar-refractivity contribution >= 4 is 40.9 Å². The van der Waals surface area contributed by atoms with Gasteiger partial charge in [-0.2, -0.15) is 22.8 Å². The fourth-order valence-electron chi connectivity index (χ4n) is 4.47. The van der Waals surface area contributed by atoms with Crippen molar-refractivity contribution in [2.75, 3.05) is 48.3 Å². The van der Waals surface area contributed by atoms with Crippen LogP contribution in [0.2, 0.25) is 0 Å². The van der Waals surface area contributed by atoms with E-state index in [1.54, 1.807) is 12.1 Å². The van der Waals surface area contributed by atoms with Gasteiger partial charge in [0.25, 0.3) is 5.91 Å². The van der Waals surface area contributed by atoms with Crippen molar-refractivity contribution in [3.8, 4) is 0 Å². The largest absolute Gasteiger partial charge is 0.353 e. The number of carbonyl (C=O) groups excluding carboxylic acids is 1. The van der Waals surface area contributed by atoms with Gasteiger partial charge in [0.2, 0.25) is 0 Å². The molecule has 0 saturated carbocycles. The van der Waals surface area contributed by atoms with Gasteiger partial charge in [0.15, 0.2) is 5.82 Å². The second kappa shape index (κ2) is 10.9. The molecule has 3 heterocycles. The summed E-state index contributed by atoms with van der Waals surface area (Å²) in [5.41, 5.74) is 2.40. The predicted octanol–water partition coefficient (Wildman–Crippen LogP) is 4.20. The molecule has 5 rings (SSSR count). The summed E-state index contributed by atoms with van der Waals surface area (Å²) in [6, 6.07) is 22.0. The number of piperazine rings is 1. The van der Waals surface area contributed by atoms with Gasteiger partial charge in [-0.3, -0.25) is 4.79 Å². The van der Waals surface area contributed by atoms with Crippen LogP contribution in [0.25, 0.3) is 10.8 Å². The molecule has 184 valence electrons. The van der Waals surface area contributed by atoms with E-state index >= 15 is 0 Å². The van der Waals surface area contributed by atoms with Gasteiger partial charge in [0.05, 0.1) is 17.8 Å². The van der Waals surface area contributed by atoms with Gasteiger partial charge in [-0.05, 0) is 17.7 Å². The zero-order valence-electron chi connectivity index (χ0n) is 19.8. The van der Waals surface area contributed by atoms with Gasteiger partial charge in [-0.15, -0.1) is 5.10 Å². The van der Waals surface area contributed by atoms with Crippen molar-refractivity contribution in [1.29, 1.82) is 0 Å². The maximum atomic E-state index is 13.8. The third-order valence-electron chi connectivity index (χ3n) is 6.37. The topological polar surface area (TPSA) is 65.5 Å². The molecule has 4 aromatic rings. The summed E-state index contributed by atoms with van der Waals surface area (Å²) in [6.45, 7) is 2.96. The molecule has 2 aromatic heterocycles. The summed E-state index contributed by atoms with van der Waals surface area (Å²) in [5.74, 6) is 1.21. The Morgan fingerprint density at radius 2 is 1.58 bits per heavy atom. The Kier molecular flexibility index (Phi) is 7.27. The summed E-state index contributed by atoms with van der Waals surface area (Å²) in [6.07, 6.45) is 2.17. The highest BCUT2D eigenvalue weighted by Crippen LogP contribution is 2.28. The number of hydrogen-bond donors (Lipinski definition) is 1. The molecule has 0 spiro atoms. The van der Waals surface area contributed by atoms with E-state index in [-0.39, 0.29) is 23.0 Å². The predicted molar refractivity (Wildman–Crippen MR) is 143 cm³/mol. The van der Waals surface area contributed by atoms with Crippen LogP contribution in [0.5, 0.6) is 0 Å². The molecule has 1 aliphatic heterocycles. The molecule has 1 saturated heterocycles. The summed E-state index contributed by atoms with van der Waals surface area (Å²) >= 11 is 3.96. The molecule has 0 bridgehead atoms. The van der Waals surface area contributed by atoms with Crippen molar-refractivity contribution in [2.24, 2.45) is 0 Å². The normalized spacial score (nSPS) is 13.7. The Balaban J connectivity index is 1.29. The smallest absolute Gasteiger partial charge is 0.283 e. The quantitative estimate of drug-likeness (QED) is 0.302. The van der Waals surface area contributed by atoms with Gasteiger partial charge in [0.1, 0.15) is 5.82 Å². The lowest BCUT2D eigenvalue weighted by atomic mass is 10.0. The average Bonchev–Trinajstić information content (AvgIpc) is 2.94. The van der Waals surface area contributed by atoms with E-state index in [1.165, 1.54) is 11.8 Å². The molecule has 1 fully saturated rings. The minimum Gasteiger partial charge on any atom is -0.353 e. The number of thiol groups is 1. The fraction of sp³-hybridized carbons (Fsp3) is 0.259. The van der Waals surface area contributed by atoms with E-state index in [1.807, 2.05) is 30.3 Å². The zero-order chi connectivity index (χ0) is 24.9. The number of carbonyl (C=O) groups is 1. The Morgan fingerprint density at radius 1 is 0.889 bits per heavy atom. The number of halogens is 1. The molecular formula is C27H27FN6OS. The molecule has 0 atom stereocenters. The molecule has 9 heteroatoms. The van der Waals surface area contributed by atoms with E-state index in [4.69, 9.17) is 0 Å². The van der Waals surface area contributed by atoms with Crippen LogP contribution >= 0.6 is 12.6 Å². The number of pyridine rings is 1. The van der Waals surface area contributed by atoms with Crippen LogP contribution in [0.3, 0.4) is 0 Å². The Bertz CT molecular complexity index is 1330. The van der Waals surface area contributed by atoms with Crippen molar-refractivity contribution in [3.05, 3.63) is 89.7 Å². The van der Waals surface area contributed by atoms with Gasteiger partial charge >= 0.3 is 0 Å².